The van der Waals surface area contributed by atoms with Crippen LogP contribution in [0.1, 0.15) is 38.5 Å². The van der Waals surface area contributed by atoms with Crippen molar-refractivity contribution in [3.63, 3.8) is 0 Å². The first kappa shape index (κ1) is 14.1. The first-order valence-electron chi connectivity index (χ1n) is 6.88. The summed E-state index contributed by atoms with van der Waals surface area (Å²) in [5, 5.41) is 6.82. The highest BCUT2D eigenvalue weighted by Crippen LogP contribution is 2.19. The van der Waals surface area contributed by atoms with E-state index in [0.29, 0.717) is 24.0 Å². The summed E-state index contributed by atoms with van der Waals surface area (Å²) in [6.45, 7) is 0.586. The number of aromatic nitrogens is 1. The van der Waals surface area contributed by atoms with E-state index in [2.05, 4.69) is 15.6 Å². The number of hydrogen-bond donors (Lipinski definition) is 2. The van der Waals surface area contributed by atoms with Crippen LogP contribution in [0, 0.1) is 0 Å². The maximum atomic E-state index is 11.8. The van der Waals surface area contributed by atoms with Crippen LogP contribution in [0.3, 0.4) is 0 Å². The number of anilines is 1. The molecule has 2 rings (SSSR count). The third-order valence-corrected chi connectivity index (χ3v) is 3.71. The van der Waals surface area contributed by atoms with Gasteiger partial charge in [-0.05, 0) is 18.9 Å². The van der Waals surface area contributed by atoms with Crippen molar-refractivity contribution in [2.24, 2.45) is 0 Å². The molecule has 0 radical (unpaired) electrons. The Kier molecular flexibility index (Phi) is 5.45. The van der Waals surface area contributed by atoms with Gasteiger partial charge in [-0.25, -0.2) is 0 Å². The largest absolute Gasteiger partial charge is 0.383 e. The van der Waals surface area contributed by atoms with Crippen molar-refractivity contribution in [3.8, 4) is 0 Å². The van der Waals surface area contributed by atoms with Crippen molar-refractivity contribution in [2.75, 3.05) is 11.9 Å². The number of nitrogens with one attached hydrogen (secondary N) is 2. The summed E-state index contributed by atoms with van der Waals surface area (Å²) in [5.74, 6) is 0.115. The summed E-state index contributed by atoms with van der Waals surface area (Å²) >= 11 is 5.97. The molecule has 4 nitrogen and oxygen atoms in total. The number of carbonyl (C=O) groups excluding carboxylic acids is 1. The molecule has 5 heteroatoms. The Bertz CT molecular complexity index is 419. The van der Waals surface area contributed by atoms with Gasteiger partial charge in [0.1, 0.15) is 0 Å². The van der Waals surface area contributed by atoms with E-state index in [1.165, 1.54) is 19.3 Å². The molecule has 1 aromatic rings. The van der Waals surface area contributed by atoms with Gasteiger partial charge in [-0.15, -0.1) is 0 Å². The molecular formula is C14H20ClN3O. The highest BCUT2D eigenvalue weighted by Gasteiger charge is 2.15. The number of nitrogens with zero attached hydrogens (tertiary/aromatic N) is 1. The zero-order chi connectivity index (χ0) is 13.5. The Hall–Kier alpha value is -1.29. The lowest BCUT2D eigenvalue weighted by atomic mass is 9.95. The fourth-order valence-electron chi connectivity index (χ4n) is 2.38. The summed E-state index contributed by atoms with van der Waals surface area (Å²) in [5.41, 5.74) is 0.821. The molecule has 1 heterocycles. The summed E-state index contributed by atoms with van der Waals surface area (Å²) in [6.07, 6.45) is 9.74. The third kappa shape index (κ3) is 4.71. The molecule has 0 unspecified atom stereocenters. The lowest BCUT2D eigenvalue weighted by Crippen LogP contribution is -2.36. The quantitative estimate of drug-likeness (QED) is 0.872. The topological polar surface area (TPSA) is 54.0 Å². The zero-order valence-corrected chi connectivity index (χ0v) is 11.7. The third-order valence-electron chi connectivity index (χ3n) is 3.41. The Morgan fingerprint density at radius 1 is 1.37 bits per heavy atom. The second-order valence-corrected chi connectivity index (χ2v) is 5.34. The number of carbonyl (C=O) groups is 1. The monoisotopic (exact) mass is 281 g/mol. The van der Waals surface area contributed by atoms with Crippen LogP contribution in [-0.4, -0.2) is 23.5 Å². The Morgan fingerprint density at radius 3 is 2.89 bits per heavy atom. The number of pyridine rings is 1. The molecule has 1 fully saturated rings. The van der Waals surface area contributed by atoms with Crippen LogP contribution < -0.4 is 10.6 Å². The molecule has 1 amide bonds. The first-order valence-corrected chi connectivity index (χ1v) is 7.26. The number of rotatable bonds is 5. The van der Waals surface area contributed by atoms with E-state index in [0.717, 1.165) is 18.5 Å². The number of amides is 1. The molecule has 0 spiro atoms. The van der Waals surface area contributed by atoms with Gasteiger partial charge >= 0.3 is 0 Å². The molecular weight excluding hydrogens is 262 g/mol. The van der Waals surface area contributed by atoms with Crippen LogP contribution in [0.5, 0.6) is 0 Å². The molecule has 2 N–H and O–H groups in total. The van der Waals surface area contributed by atoms with Gasteiger partial charge in [-0.1, -0.05) is 30.9 Å². The van der Waals surface area contributed by atoms with Gasteiger partial charge < -0.3 is 10.6 Å². The van der Waals surface area contributed by atoms with Gasteiger partial charge in [0.25, 0.3) is 0 Å². The van der Waals surface area contributed by atoms with Crippen molar-refractivity contribution in [1.29, 1.82) is 0 Å². The van der Waals surface area contributed by atoms with Crippen LogP contribution in [0.4, 0.5) is 5.69 Å². The smallest absolute Gasteiger partial charge is 0.221 e. The predicted octanol–water partition coefficient (Wildman–Crippen LogP) is 2.99. The number of halogens is 1. The fraction of sp³-hybridized carbons (Fsp3) is 0.571. The highest BCUT2D eigenvalue weighted by molar-refractivity contribution is 6.33. The van der Waals surface area contributed by atoms with Gasteiger partial charge in [0.05, 0.1) is 10.7 Å². The van der Waals surface area contributed by atoms with Crippen LogP contribution in [-0.2, 0) is 4.79 Å². The molecule has 1 aromatic heterocycles. The fourth-order valence-corrected chi connectivity index (χ4v) is 2.56. The van der Waals surface area contributed by atoms with Crippen LogP contribution in [0.2, 0.25) is 5.02 Å². The lowest BCUT2D eigenvalue weighted by Gasteiger charge is -2.22. The van der Waals surface area contributed by atoms with Crippen molar-refractivity contribution >= 4 is 23.2 Å². The zero-order valence-electron chi connectivity index (χ0n) is 11.0. The van der Waals surface area contributed by atoms with Crippen LogP contribution in [0.15, 0.2) is 18.5 Å². The molecule has 1 aliphatic carbocycles. The van der Waals surface area contributed by atoms with E-state index in [1.807, 2.05) is 0 Å². The maximum absolute atomic E-state index is 11.8. The van der Waals surface area contributed by atoms with Crippen molar-refractivity contribution in [1.82, 2.24) is 10.3 Å². The van der Waals surface area contributed by atoms with Crippen LogP contribution >= 0.6 is 11.6 Å². The average Bonchev–Trinajstić information content (AvgIpc) is 2.42. The standard InChI is InChI=1S/C14H20ClN3O/c15-12-10-16-8-6-13(12)17-9-7-14(19)18-11-4-2-1-3-5-11/h6,8,10-11H,1-5,7,9H2,(H,16,17)(H,18,19). The van der Waals surface area contributed by atoms with E-state index < -0.39 is 0 Å². The molecule has 19 heavy (non-hydrogen) atoms. The van der Waals surface area contributed by atoms with Gasteiger partial charge in [0.2, 0.25) is 5.91 Å². The minimum absolute atomic E-state index is 0.115. The van der Waals surface area contributed by atoms with Gasteiger partial charge in [-0.3, -0.25) is 9.78 Å². The van der Waals surface area contributed by atoms with E-state index in [9.17, 15) is 4.79 Å². The minimum atomic E-state index is 0.115. The molecule has 0 saturated heterocycles. The molecule has 0 atom stereocenters. The van der Waals surface area contributed by atoms with Crippen molar-refractivity contribution < 1.29 is 4.79 Å². The van der Waals surface area contributed by atoms with E-state index in [-0.39, 0.29) is 5.91 Å². The highest BCUT2D eigenvalue weighted by atomic mass is 35.5. The molecule has 104 valence electrons. The summed E-state index contributed by atoms with van der Waals surface area (Å²) in [7, 11) is 0. The van der Waals surface area contributed by atoms with E-state index in [1.54, 1.807) is 18.5 Å². The lowest BCUT2D eigenvalue weighted by molar-refractivity contribution is -0.121. The second kappa shape index (κ2) is 7.34. The molecule has 0 aliphatic heterocycles. The van der Waals surface area contributed by atoms with Gasteiger partial charge in [-0.2, -0.15) is 0 Å². The van der Waals surface area contributed by atoms with Crippen molar-refractivity contribution in [3.05, 3.63) is 23.5 Å². The van der Waals surface area contributed by atoms with E-state index in [4.69, 9.17) is 11.6 Å². The van der Waals surface area contributed by atoms with Crippen LogP contribution in [0.25, 0.3) is 0 Å². The Balaban J connectivity index is 1.67. The van der Waals surface area contributed by atoms with Crippen molar-refractivity contribution in [2.45, 2.75) is 44.6 Å². The van der Waals surface area contributed by atoms with Gasteiger partial charge in [0, 0.05) is 31.4 Å². The molecule has 0 bridgehead atoms. The summed E-state index contributed by atoms with van der Waals surface area (Å²) < 4.78 is 0. The van der Waals surface area contributed by atoms with E-state index >= 15 is 0 Å². The second-order valence-electron chi connectivity index (χ2n) is 4.93. The molecule has 1 aliphatic rings. The number of hydrogen-bond acceptors (Lipinski definition) is 3. The first-order chi connectivity index (χ1) is 9.25. The van der Waals surface area contributed by atoms with Gasteiger partial charge in [0.15, 0.2) is 0 Å². The SMILES string of the molecule is O=C(CCNc1ccncc1Cl)NC1CCCCC1. The summed E-state index contributed by atoms with van der Waals surface area (Å²) in [6, 6.07) is 2.19. The molecule has 1 saturated carbocycles. The normalized spacial score (nSPS) is 16.1. The molecule has 0 aromatic carbocycles. The summed E-state index contributed by atoms with van der Waals surface area (Å²) in [4.78, 5) is 15.7. The minimum Gasteiger partial charge on any atom is -0.383 e. The Labute approximate surface area is 118 Å². The maximum Gasteiger partial charge on any atom is 0.221 e. The Morgan fingerprint density at radius 2 is 2.16 bits per heavy atom. The predicted molar refractivity (Wildman–Crippen MR) is 77.4 cm³/mol. The average molecular weight is 282 g/mol.